The van der Waals surface area contributed by atoms with Crippen molar-refractivity contribution in [2.45, 2.75) is 66.5 Å². The lowest BCUT2D eigenvalue weighted by atomic mass is 9.63. The molecule has 3 nitrogen and oxygen atoms in total. The lowest BCUT2D eigenvalue weighted by Gasteiger charge is -2.45. The molecule has 1 aliphatic carbocycles. The van der Waals surface area contributed by atoms with Crippen molar-refractivity contribution in [3.63, 3.8) is 0 Å². The van der Waals surface area contributed by atoms with Gasteiger partial charge in [0.1, 0.15) is 0 Å². The van der Waals surface area contributed by atoms with E-state index in [1.54, 1.807) is 11.3 Å². The van der Waals surface area contributed by atoms with E-state index in [1.807, 2.05) is 0 Å². The minimum atomic E-state index is 0.434. The SMILES string of the molecule is Cc1nc2sccn2c1CNC1CC(C)(C)CC(C)(C)C1. The number of nitrogens with one attached hydrogen (secondary N) is 1. The monoisotopic (exact) mass is 305 g/mol. The van der Waals surface area contributed by atoms with E-state index in [0.717, 1.165) is 17.2 Å². The molecule has 4 heteroatoms. The molecule has 0 bridgehead atoms. The zero-order chi connectivity index (χ0) is 15.3. The minimum Gasteiger partial charge on any atom is -0.308 e. The van der Waals surface area contributed by atoms with E-state index in [9.17, 15) is 0 Å². The fraction of sp³-hybridized carbons (Fsp3) is 0.706. The molecule has 0 saturated heterocycles. The van der Waals surface area contributed by atoms with Crippen LogP contribution in [0.1, 0.15) is 58.3 Å². The van der Waals surface area contributed by atoms with Gasteiger partial charge in [-0.25, -0.2) is 4.98 Å². The molecule has 0 aromatic carbocycles. The van der Waals surface area contributed by atoms with Crippen molar-refractivity contribution in [3.8, 4) is 0 Å². The number of hydrogen-bond acceptors (Lipinski definition) is 3. The van der Waals surface area contributed by atoms with Gasteiger partial charge in [-0.1, -0.05) is 27.7 Å². The Bertz CT molecular complexity index is 620. The topological polar surface area (TPSA) is 29.3 Å². The summed E-state index contributed by atoms with van der Waals surface area (Å²) in [5.41, 5.74) is 3.34. The van der Waals surface area contributed by atoms with Crippen LogP contribution in [0.25, 0.3) is 4.96 Å². The van der Waals surface area contributed by atoms with Crippen LogP contribution in [0, 0.1) is 17.8 Å². The second-order valence-corrected chi connectivity index (χ2v) is 9.06. The molecule has 0 aliphatic heterocycles. The van der Waals surface area contributed by atoms with Crippen LogP contribution in [0.3, 0.4) is 0 Å². The summed E-state index contributed by atoms with van der Waals surface area (Å²) in [6.45, 7) is 12.7. The van der Waals surface area contributed by atoms with Gasteiger partial charge in [-0.15, -0.1) is 11.3 Å². The Balaban J connectivity index is 1.72. The lowest BCUT2D eigenvalue weighted by molar-refractivity contribution is 0.0843. The van der Waals surface area contributed by atoms with E-state index in [2.05, 4.69) is 60.9 Å². The van der Waals surface area contributed by atoms with Crippen molar-refractivity contribution in [1.82, 2.24) is 14.7 Å². The highest BCUT2D eigenvalue weighted by Crippen LogP contribution is 2.45. The normalized spacial score (nSPS) is 22.0. The zero-order valence-corrected chi connectivity index (χ0v) is 14.7. The average Bonchev–Trinajstić information content (AvgIpc) is 2.83. The van der Waals surface area contributed by atoms with Crippen LogP contribution in [0.15, 0.2) is 11.6 Å². The molecule has 1 N–H and O–H groups in total. The van der Waals surface area contributed by atoms with Crippen molar-refractivity contribution in [2.75, 3.05) is 0 Å². The van der Waals surface area contributed by atoms with Gasteiger partial charge < -0.3 is 5.32 Å². The Morgan fingerprint density at radius 3 is 2.62 bits per heavy atom. The second kappa shape index (κ2) is 5.10. The molecule has 1 fully saturated rings. The summed E-state index contributed by atoms with van der Waals surface area (Å²) >= 11 is 1.71. The third-order valence-corrected chi connectivity index (χ3v) is 5.43. The molecule has 1 saturated carbocycles. The van der Waals surface area contributed by atoms with E-state index < -0.39 is 0 Å². The van der Waals surface area contributed by atoms with Crippen molar-refractivity contribution in [1.29, 1.82) is 0 Å². The van der Waals surface area contributed by atoms with Crippen LogP contribution in [0.4, 0.5) is 0 Å². The highest BCUT2D eigenvalue weighted by molar-refractivity contribution is 7.15. The van der Waals surface area contributed by atoms with E-state index in [4.69, 9.17) is 0 Å². The number of thiazole rings is 1. The summed E-state index contributed by atoms with van der Waals surface area (Å²) in [5, 5.41) is 5.91. The summed E-state index contributed by atoms with van der Waals surface area (Å²) in [6, 6.07) is 0.604. The quantitative estimate of drug-likeness (QED) is 0.910. The number of imidazole rings is 1. The zero-order valence-electron chi connectivity index (χ0n) is 13.9. The standard InChI is InChI=1S/C17H27N3S/c1-12-14(20-6-7-21-15(20)19-12)10-18-13-8-16(2,3)11-17(4,5)9-13/h6-7,13,18H,8-11H2,1-5H3. The number of rotatable bonds is 3. The first-order valence-corrected chi connectivity index (χ1v) is 8.78. The van der Waals surface area contributed by atoms with Gasteiger partial charge in [-0.3, -0.25) is 4.40 Å². The van der Waals surface area contributed by atoms with Gasteiger partial charge in [0.2, 0.25) is 0 Å². The Morgan fingerprint density at radius 2 is 1.95 bits per heavy atom. The second-order valence-electron chi connectivity index (χ2n) is 8.19. The highest BCUT2D eigenvalue weighted by Gasteiger charge is 2.38. The highest BCUT2D eigenvalue weighted by atomic mass is 32.1. The molecule has 2 heterocycles. The van der Waals surface area contributed by atoms with Crippen LogP contribution < -0.4 is 5.32 Å². The Hall–Kier alpha value is -0.870. The first kappa shape index (κ1) is 15.0. The van der Waals surface area contributed by atoms with Gasteiger partial charge in [0, 0.05) is 24.2 Å². The van der Waals surface area contributed by atoms with Gasteiger partial charge >= 0.3 is 0 Å². The van der Waals surface area contributed by atoms with Gasteiger partial charge in [0.15, 0.2) is 4.96 Å². The van der Waals surface area contributed by atoms with Gasteiger partial charge in [0.25, 0.3) is 0 Å². The van der Waals surface area contributed by atoms with Crippen LogP contribution >= 0.6 is 11.3 Å². The Kier molecular flexibility index (Phi) is 3.65. The fourth-order valence-electron chi connectivity index (χ4n) is 4.39. The van der Waals surface area contributed by atoms with Crippen molar-refractivity contribution < 1.29 is 0 Å². The van der Waals surface area contributed by atoms with Crippen LogP contribution in [-0.2, 0) is 6.54 Å². The predicted molar refractivity (Wildman–Crippen MR) is 89.8 cm³/mol. The van der Waals surface area contributed by atoms with E-state index in [-0.39, 0.29) is 0 Å². The summed E-state index contributed by atoms with van der Waals surface area (Å²) in [5.74, 6) is 0. The fourth-order valence-corrected chi connectivity index (χ4v) is 5.16. The number of aryl methyl sites for hydroxylation is 1. The molecule has 2 aromatic heterocycles. The molecule has 0 radical (unpaired) electrons. The first-order chi connectivity index (χ1) is 9.76. The maximum absolute atomic E-state index is 4.64. The molecular formula is C17H27N3S. The maximum atomic E-state index is 4.64. The summed E-state index contributed by atoms with van der Waals surface area (Å²) in [4.78, 5) is 5.74. The summed E-state index contributed by atoms with van der Waals surface area (Å²) < 4.78 is 2.23. The lowest BCUT2D eigenvalue weighted by Crippen LogP contribution is -2.43. The van der Waals surface area contributed by atoms with Crippen molar-refractivity contribution >= 4 is 16.3 Å². The van der Waals surface area contributed by atoms with E-state index in [1.165, 1.54) is 25.0 Å². The molecule has 21 heavy (non-hydrogen) atoms. The number of fused-ring (bicyclic) bond motifs is 1. The first-order valence-electron chi connectivity index (χ1n) is 7.90. The molecule has 1 aliphatic rings. The predicted octanol–water partition coefficient (Wildman–Crippen LogP) is 4.40. The number of aromatic nitrogens is 2. The molecule has 0 unspecified atom stereocenters. The molecule has 3 rings (SSSR count). The third-order valence-electron chi connectivity index (χ3n) is 4.67. The average molecular weight is 305 g/mol. The smallest absolute Gasteiger partial charge is 0.194 e. The van der Waals surface area contributed by atoms with E-state index in [0.29, 0.717) is 16.9 Å². The van der Waals surface area contributed by atoms with Crippen LogP contribution in [-0.4, -0.2) is 15.4 Å². The molecule has 0 spiro atoms. The van der Waals surface area contributed by atoms with Gasteiger partial charge in [-0.2, -0.15) is 0 Å². The van der Waals surface area contributed by atoms with Crippen molar-refractivity contribution in [3.05, 3.63) is 23.0 Å². The largest absolute Gasteiger partial charge is 0.308 e. The number of nitrogens with zero attached hydrogens (tertiary/aromatic N) is 2. The molecular weight excluding hydrogens is 278 g/mol. The van der Waals surface area contributed by atoms with Crippen LogP contribution in [0.2, 0.25) is 0 Å². The molecule has 2 aromatic rings. The minimum absolute atomic E-state index is 0.434. The summed E-state index contributed by atoms with van der Waals surface area (Å²) in [7, 11) is 0. The molecule has 116 valence electrons. The number of hydrogen-bond donors (Lipinski definition) is 1. The molecule has 0 atom stereocenters. The maximum Gasteiger partial charge on any atom is 0.194 e. The summed E-state index contributed by atoms with van der Waals surface area (Å²) in [6.07, 6.45) is 5.98. The third kappa shape index (κ3) is 3.16. The van der Waals surface area contributed by atoms with Gasteiger partial charge in [0.05, 0.1) is 11.4 Å². The van der Waals surface area contributed by atoms with Crippen LogP contribution in [0.5, 0.6) is 0 Å². The molecule has 0 amide bonds. The Morgan fingerprint density at radius 1 is 1.29 bits per heavy atom. The van der Waals surface area contributed by atoms with Gasteiger partial charge in [-0.05, 0) is 37.0 Å². The van der Waals surface area contributed by atoms with Crippen molar-refractivity contribution in [2.24, 2.45) is 10.8 Å². The Labute approximate surface area is 131 Å². The van der Waals surface area contributed by atoms with E-state index >= 15 is 0 Å².